The summed E-state index contributed by atoms with van der Waals surface area (Å²) in [5.74, 6) is 0.887. The zero-order valence-electron chi connectivity index (χ0n) is 13.0. The molecule has 1 fully saturated rings. The molecule has 1 aromatic rings. The Labute approximate surface area is 136 Å². The van der Waals surface area contributed by atoms with E-state index in [9.17, 15) is 4.79 Å². The molecular weight excluding hydrogens is 328 g/mol. The number of nitrogens with one attached hydrogen (secondary N) is 1. The predicted molar refractivity (Wildman–Crippen MR) is 90.7 cm³/mol. The van der Waals surface area contributed by atoms with Gasteiger partial charge in [-0.1, -0.05) is 18.6 Å². The predicted octanol–water partition coefficient (Wildman–Crippen LogP) is 3.61. The lowest BCUT2D eigenvalue weighted by Crippen LogP contribution is -2.35. The van der Waals surface area contributed by atoms with Gasteiger partial charge in [0.15, 0.2) is 0 Å². The summed E-state index contributed by atoms with van der Waals surface area (Å²) in [7, 11) is 0. The number of halogens is 1. The summed E-state index contributed by atoms with van der Waals surface area (Å²) in [6, 6.07) is 5.85. The highest BCUT2D eigenvalue weighted by Crippen LogP contribution is 2.18. The molecule has 1 heterocycles. The van der Waals surface area contributed by atoms with Crippen LogP contribution in [-0.4, -0.2) is 37.0 Å². The van der Waals surface area contributed by atoms with Crippen LogP contribution in [0.2, 0.25) is 0 Å². The van der Waals surface area contributed by atoms with Crippen LogP contribution in [0.5, 0.6) is 0 Å². The molecule has 0 bridgehead atoms. The fourth-order valence-corrected chi connectivity index (χ4v) is 3.13. The van der Waals surface area contributed by atoms with Crippen LogP contribution in [0.1, 0.15) is 42.1 Å². The smallest absolute Gasteiger partial charge is 0.252 e. The van der Waals surface area contributed by atoms with Crippen LogP contribution >= 0.6 is 15.9 Å². The Morgan fingerprint density at radius 2 is 2.10 bits per heavy atom. The van der Waals surface area contributed by atoms with Crippen molar-refractivity contribution >= 4 is 21.8 Å². The second-order valence-corrected chi connectivity index (χ2v) is 6.97. The van der Waals surface area contributed by atoms with E-state index in [0.29, 0.717) is 0 Å². The maximum atomic E-state index is 12.2. The standard InChI is InChI=1S/C17H25BrN2O/c1-13-6-10-20(11-7-13)9-3-8-19-17(21)15-12-14(2)4-5-16(15)18/h4-5,12-13H,3,6-11H2,1-2H3,(H,19,21). The van der Waals surface area contributed by atoms with Gasteiger partial charge in [0.25, 0.3) is 5.91 Å². The largest absolute Gasteiger partial charge is 0.352 e. The topological polar surface area (TPSA) is 32.3 Å². The molecule has 0 aliphatic carbocycles. The van der Waals surface area contributed by atoms with Gasteiger partial charge in [0.2, 0.25) is 0 Å². The van der Waals surface area contributed by atoms with Gasteiger partial charge in [-0.25, -0.2) is 0 Å². The molecule has 0 atom stereocenters. The molecule has 1 amide bonds. The molecule has 21 heavy (non-hydrogen) atoms. The summed E-state index contributed by atoms with van der Waals surface area (Å²) >= 11 is 3.44. The van der Waals surface area contributed by atoms with Gasteiger partial charge in [-0.15, -0.1) is 0 Å². The van der Waals surface area contributed by atoms with Gasteiger partial charge in [-0.3, -0.25) is 4.79 Å². The number of likely N-dealkylation sites (tertiary alicyclic amines) is 1. The molecule has 1 N–H and O–H groups in total. The molecule has 1 saturated heterocycles. The zero-order valence-corrected chi connectivity index (χ0v) is 14.6. The SMILES string of the molecule is Cc1ccc(Br)c(C(=O)NCCCN2CCC(C)CC2)c1. The van der Waals surface area contributed by atoms with Crippen molar-refractivity contribution in [2.45, 2.75) is 33.1 Å². The minimum Gasteiger partial charge on any atom is -0.352 e. The zero-order chi connectivity index (χ0) is 15.2. The molecule has 0 spiro atoms. The lowest BCUT2D eigenvalue weighted by molar-refractivity contribution is 0.0949. The second kappa shape index (κ2) is 7.95. The highest BCUT2D eigenvalue weighted by Gasteiger charge is 2.15. The van der Waals surface area contributed by atoms with Gasteiger partial charge in [0.05, 0.1) is 5.56 Å². The summed E-state index contributed by atoms with van der Waals surface area (Å²) < 4.78 is 0.857. The Balaban J connectivity index is 1.71. The van der Waals surface area contributed by atoms with Crippen LogP contribution in [0, 0.1) is 12.8 Å². The third-order valence-corrected chi connectivity index (χ3v) is 4.87. The number of amides is 1. The average Bonchev–Trinajstić information content (AvgIpc) is 2.47. The van der Waals surface area contributed by atoms with E-state index >= 15 is 0 Å². The molecule has 0 radical (unpaired) electrons. The number of carbonyl (C=O) groups is 1. The molecule has 2 rings (SSSR count). The first kappa shape index (κ1) is 16.5. The molecule has 0 saturated carbocycles. The van der Waals surface area contributed by atoms with Crippen LogP contribution in [0.25, 0.3) is 0 Å². The Kier molecular flexibility index (Phi) is 6.24. The van der Waals surface area contributed by atoms with Crippen LogP contribution in [0.3, 0.4) is 0 Å². The number of benzene rings is 1. The molecular formula is C17H25BrN2O. The van der Waals surface area contributed by atoms with E-state index < -0.39 is 0 Å². The Morgan fingerprint density at radius 1 is 1.38 bits per heavy atom. The van der Waals surface area contributed by atoms with Crippen LogP contribution in [-0.2, 0) is 0 Å². The number of aryl methyl sites for hydroxylation is 1. The third kappa shape index (κ3) is 5.11. The summed E-state index contributed by atoms with van der Waals surface area (Å²) in [5, 5.41) is 3.02. The van der Waals surface area contributed by atoms with Gasteiger partial charge in [0, 0.05) is 11.0 Å². The summed E-state index contributed by atoms with van der Waals surface area (Å²) in [5.41, 5.74) is 1.83. The van der Waals surface area contributed by atoms with E-state index in [4.69, 9.17) is 0 Å². The molecule has 1 aliphatic rings. The Bertz CT molecular complexity index is 482. The van der Waals surface area contributed by atoms with Crippen molar-refractivity contribution < 1.29 is 4.79 Å². The Hall–Kier alpha value is -0.870. The van der Waals surface area contributed by atoms with E-state index in [1.807, 2.05) is 25.1 Å². The fraction of sp³-hybridized carbons (Fsp3) is 0.588. The van der Waals surface area contributed by atoms with Crippen molar-refractivity contribution in [3.05, 3.63) is 33.8 Å². The number of hydrogen-bond donors (Lipinski definition) is 1. The molecule has 4 heteroatoms. The minimum absolute atomic E-state index is 0.0119. The fourth-order valence-electron chi connectivity index (χ4n) is 2.70. The third-order valence-electron chi connectivity index (χ3n) is 4.18. The summed E-state index contributed by atoms with van der Waals surface area (Å²) in [6.07, 6.45) is 3.63. The monoisotopic (exact) mass is 352 g/mol. The Morgan fingerprint density at radius 3 is 2.81 bits per heavy atom. The van der Waals surface area contributed by atoms with Crippen molar-refractivity contribution in [2.75, 3.05) is 26.2 Å². The van der Waals surface area contributed by atoms with Gasteiger partial charge >= 0.3 is 0 Å². The van der Waals surface area contributed by atoms with Crippen LogP contribution in [0.4, 0.5) is 0 Å². The number of rotatable bonds is 5. The maximum Gasteiger partial charge on any atom is 0.252 e. The van der Waals surface area contributed by atoms with Gasteiger partial charge in [0.1, 0.15) is 0 Å². The first-order valence-electron chi connectivity index (χ1n) is 7.83. The highest BCUT2D eigenvalue weighted by molar-refractivity contribution is 9.10. The maximum absolute atomic E-state index is 12.2. The van der Waals surface area contributed by atoms with Crippen molar-refractivity contribution in [1.29, 1.82) is 0 Å². The molecule has 1 aliphatic heterocycles. The van der Waals surface area contributed by atoms with Gasteiger partial charge in [-0.2, -0.15) is 0 Å². The highest BCUT2D eigenvalue weighted by atomic mass is 79.9. The molecule has 0 aromatic heterocycles. The second-order valence-electron chi connectivity index (χ2n) is 6.12. The lowest BCUT2D eigenvalue weighted by Gasteiger charge is -2.30. The minimum atomic E-state index is 0.0119. The van der Waals surface area contributed by atoms with Crippen LogP contribution < -0.4 is 5.32 Å². The lowest BCUT2D eigenvalue weighted by atomic mass is 9.99. The van der Waals surface area contributed by atoms with Crippen molar-refractivity contribution in [3.63, 3.8) is 0 Å². The van der Waals surface area contributed by atoms with Crippen molar-refractivity contribution in [1.82, 2.24) is 10.2 Å². The first-order chi connectivity index (χ1) is 10.1. The number of piperidine rings is 1. The first-order valence-corrected chi connectivity index (χ1v) is 8.62. The molecule has 116 valence electrons. The molecule has 0 unspecified atom stereocenters. The van der Waals surface area contributed by atoms with E-state index in [0.717, 1.165) is 41.0 Å². The number of nitrogens with zero attached hydrogens (tertiary/aromatic N) is 1. The average molecular weight is 353 g/mol. The summed E-state index contributed by atoms with van der Waals surface area (Å²) in [6.45, 7) is 8.57. The van der Waals surface area contributed by atoms with E-state index in [2.05, 4.69) is 33.1 Å². The van der Waals surface area contributed by atoms with Crippen molar-refractivity contribution in [2.24, 2.45) is 5.92 Å². The molecule has 1 aromatic carbocycles. The van der Waals surface area contributed by atoms with E-state index in [1.54, 1.807) is 0 Å². The van der Waals surface area contributed by atoms with Gasteiger partial charge in [-0.05, 0) is 79.8 Å². The van der Waals surface area contributed by atoms with Gasteiger partial charge < -0.3 is 10.2 Å². The number of hydrogen-bond acceptors (Lipinski definition) is 2. The quantitative estimate of drug-likeness (QED) is 0.821. The number of carbonyl (C=O) groups excluding carboxylic acids is 1. The van der Waals surface area contributed by atoms with E-state index in [-0.39, 0.29) is 5.91 Å². The summed E-state index contributed by atoms with van der Waals surface area (Å²) in [4.78, 5) is 14.7. The van der Waals surface area contributed by atoms with Crippen molar-refractivity contribution in [3.8, 4) is 0 Å². The molecule has 3 nitrogen and oxygen atoms in total. The van der Waals surface area contributed by atoms with E-state index in [1.165, 1.54) is 25.9 Å². The normalized spacial score (nSPS) is 16.9. The van der Waals surface area contributed by atoms with Crippen LogP contribution in [0.15, 0.2) is 22.7 Å².